The van der Waals surface area contributed by atoms with Gasteiger partial charge in [-0.2, -0.15) is 26.3 Å². The largest absolute Gasteiger partial charge is 0.408 e. The molecule has 2 atom stereocenters. The van der Waals surface area contributed by atoms with Gasteiger partial charge in [-0.25, -0.2) is 4.79 Å². The van der Waals surface area contributed by atoms with E-state index in [1.807, 2.05) is 0 Å². The molecular formula is C13H18F6N2O. The average Bonchev–Trinajstić information content (AvgIpc) is 2.45. The molecule has 2 aliphatic heterocycles. The van der Waals surface area contributed by atoms with Crippen LogP contribution in [0.3, 0.4) is 0 Å². The van der Waals surface area contributed by atoms with Crippen molar-refractivity contribution >= 4 is 6.03 Å². The Bertz CT molecular complexity index is 372. The number of piperidine rings is 2. The summed E-state index contributed by atoms with van der Waals surface area (Å²) in [5.74, 6) is 0. The van der Waals surface area contributed by atoms with Crippen LogP contribution in [0.15, 0.2) is 0 Å². The van der Waals surface area contributed by atoms with E-state index < -0.39 is 30.5 Å². The van der Waals surface area contributed by atoms with Gasteiger partial charge in [0.1, 0.15) is 12.1 Å². The maximum atomic E-state index is 13.0. The van der Waals surface area contributed by atoms with E-state index in [1.165, 1.54) is 0 Å². The first-order valence-electron chi connectivity index (χ1n) is 7.33. The standard InChI is InChI=1S/C13H18F6N2O/c14-12(15,16)9-5-1-3-7-20(9)11(22)21-8-4-2-6-10(21)13(17,18)19/h9-10H,1-8H2. The van der Waals surface area contributed by atoms with Crippen LogP contribution in [0.4, 0.5) is 31.1 Å². The number of carbonyl (C=O) groups excluding carboxylic acids is 1. The van der Waals surface area contributed by atoms with Crippen molar-refractivity contribution in [1.82, 2.24) is 9.80 Å². The lowest BCUT2D eigenvalue weighted by atomic mass is 10.00. The van der Waals surface area contributed by atoms with Gasteiger partial charge in [0.2, 0.25) is 0 Å². The lowest BCUT2D eigenvalue weighted by molar-refractivity contribution is -0.195. The van der Waals surface area contributed by atoms with Crippen LogP contribution in [-0.2, 0) is 0 Å². The van der Waals surface area contributed by atoms with Crippen LogP contribution in [0, 0.1) is 0 Å². The molecule has 0 spiro atoms. The minimum Gasteiger partial charge on any atom is -0.313 e. The molecule has 128 valence electrons. The summed E-state index contributed by atoms with van der Waals surface area (Å²) in [6, 6.07) is -5.10. The van der Waals surface area contributed by atoms with E-state index in [-0.39, 0.29) is 25.9 Å². The Labute approximate surface area is 124 Å². The quantitative estimate of drug-likeness (QED) is 0.616. The van der Waals surface area contributed by atoms with E-state index in [9.17, 15) is 31.1 Å². The topological polar surface area (TPSA) is 23.6 Å². The second kappa shape index (κ2) is 6.16. The van der Waals surface area contributed by atoms with Gasteiger partial charge in [-0.1, -0.05) is 0 Å². The molecular weight excluding hydrogens is 314 g/mol. The van der Waals surface area contributed by atoms with E-state index >= 15 is 0 Å². The molecule has 22 heavy (non-hydrogen) atoms. The monoisotopic (exact) mass is 332 g/mol. The molecule has 2 unspecified atom stereocenters. The molecule has 0 N–H and O–H groups in total. The number of rotatable bonds is 0. The molecule has 0 aromatic heterocycles. The number of urea groups is 1. The number of likely N-dealkylation sites (tertiary alicyclic amines) is 2. The Kier molecular flexibility index (Phi) is 4.81. The average molecular weight is 332 g/mol. The number of carbonyl (C=O) groups is 1. The molecule has 0 aliphatic carbocycles. The van der Waals surface area contributed by atoms with Gasteiger partial charge in [0, 0.05) is 13.1 Å². The summed E-state index contributed by atoms with van der Waals surface area (Å²) in [4.78, 5) is 13.5. The van der Waals surface area contributed by atoms with Crippen molar-refractivity contribution in [1.29, 1.82) is 0 Å². The van der Waals surface area contributed by atoms with E-state index in [0.717, 1.165) is 0 Å². The molecule has 0 bridgehead atoms. The maximum Gasteiger partial charge on any atom is 0.408 e. The van der Waals surface area contributed by atoms with Crippen molar-refractivity contribution in [3.63, 3.8) is 0 Å². The van der Waals surface area contributed by atoms with E-state index in [4.69, 9.17) is 0 Å². The first-order valence-corrected chi connectivity index (χ1v) is 7.33. The molecule has 0 saturated carbocycles. The molecule has 3 nitrogen and oxygen atoms in total. The number of nitrogens with zero attached hydrogens (tertiary/aromatic N) is 2. The summed E-state index contributed by atoms with van der Waals surface area (Å²) in [6.45, 7) is -0.297. The third kappa shape index (κ3) is 3.60. The zero-order valence-electron chi connectivity index (χ0n) is 11.9. The van der Waals surface area contributed by atoms with Gasteiger partial charge in [0.25, 0.3) is 0 Å². The third-order valence-electron chi connectivity index (χ3n) is 4.25. The molecule has 0 radical (unpaired) electrons. The van der Waals surface area contributed by atoms with Crippen LogP contribution < -0.4 is 0 Å². The van der Waals surface area contributed by atoms with Crippen molar-refractivity contribution in [2.75, 3.05) is 13.1 Å². The molecule has 0 aromatic rings. The highest BCUT2D eigenvalue weighted by Crippen LogP contribution is 2.36. The highest BCUT2D eigenvalue weighted by molar-refractivity contribution is 5.75. The Morgan fingerprint density at radius 3 is 1.41 bits per heavy atom. The Hall–Kier alpha value is -1.15. The molecule has 2 aliphatic rings. The highest BCUT2D eigenvalue weighted by Gasteiger charge is 2.51. The van der Waals surface area contributed by atoms with Gasteiger partial charge in [-0.05, 0) is 38.5 Å². The summed E-state index contributed by atoms with van der Waals surface area (Å²) in [5, 5.41) is 0. The summed E-state index contributed by atoms with van der Waals surface area (Å²) >= 11 is 0. The fourth-order valence-corrected chi connectivity index (χ4v) is 3.17. The predicted octanol–water partition coefficient (Wildman–Crippen LogP) is 3.94. The second-order valence-corrected chi connectivity index (χ2v) is 5.78. The fourth-order valence-electron chi connectivity index (χ4n) is 3.17. The summed E-state index contributed by atoms with van der Waals surface area (Å²) < 4.78 is 78.1. The number of hydrogen-bond donors (Lipinski definition) is 0. The zero-order valence-corrected chi connectivity index (χ0v) is 11.9. The molecule has 2 amide bonds. The maximum absolute atomic E-state index is 13.0. The second-order valence-electron chi connectivity index (χ2n) is 5.78. The smallest absolute Gasteiger partial charge is 0.313 e. The van der Waals surface area contributed by atoms with E-state index in [0.29, 0.717) is 35.5 Å². The Balaban J connectivity index is 2.20. The molecule has 0 aromatic carbocycles. The van der Waals surface area contributed by atoms with Crippen LogP contribution in [0.1, 0.15) is 38.5 Å². The fraction of sp³-hybridized carbons (Fsp3) is 0.923. The van der Waals surface area contributed by atoms with Crippen LogP contribution >= 0.6 is 0 Å². The third-order valence-corrected chi connectivity index (χ3v) is 4.25. The van der Waals surface area contributed by atoms with Crippen molar-refractivity contribution in [2.45, 2.75) is 63.0 Å². The van der Waals surface area contributed by atoms with Gasteiger partial charge in [0.05, 0.1) is 0 Å². The number of halogens is 6. The summed E-state index contributed by atoms with van der Waals surface area (Å²) in [7, 11) is 0. The van der Waals surface area contributed by atoms with E-state index in [2.05, 4.69) is 0 Å². The molecule has 2 saturated heterocycles. The lowest BCUT2D eigenvalue weighted by Crippen LogP contribution is -2.60. The van der Waals surface area contributed by atoms with Crippen molar-refractivity contribution in [3.05, 3.63) is 0 Å². The van der Waals surface area contributed by atoms with Gasteiger partial charge >= 0.3 is 18.4 Å². The zero-order chi connectivity index (χ0) is 16.5. The minimum atomic E-state index is -4.61. The SMILES string of the molecule is O=C(N1CCCCC1C(F)(F)F)N1CCCCC1C(F)(F)F. The van der Waals surface area contributed by atoms with Crippen molar-refractivity contribution in [3.8, 4) is 0 Å². The lowest BCUT2D eigenvalue weighted by Gasteiger charge is -2.43. The molecule has 2 rings (SSSR count). The van der Waals surface area contributed by atoms with Crippen LogP contribution in [0.5, 0.6) is 0 Å². The number of alkyl halides is 6. The Morgan fingerprint density at radius 1 is 0.727 bits per heavy atom. The van der Waals surface area contributed by atoms with Gasteiger partial charge in [-0.15, -0.1) is 0 Å². The minimum absolute atomic E-state index is 0.149. The van der Waals surface area contributed by atoms with Crippen LogP contribution in [0.2, 0.25) is 0 Å². The van der Waals surface area contributed by atoms with Crippen molar-refractivity contribution < 1.29 is 31.1 Å². The Morgan fingerprint density at radius 2 is 1.09 bits per heavy atom. The number of amides is 2. The molecule has 2 heterocycles. The summed E-state index contributed by atoms with van der Waals surface area (Å²) in [6.07, 6.45) is -8.34. The normalized spacial score (nSPS) is 27.9. The van der Waals surface area contributed by atoms with Gasteiger partial charge in [0.15, 0.2) is 0 Å². The first-order chi connectivity index (χ1) is 10.1. The van der Waals surface area contributed by atoms with Crippen LogP contribution in [-0.4, -0.2) is 53.4 Å². The number of hydrogen-bond acceptors (Lipinski definition) is 1. The first kappa shape index (κ1) is 17.2. The van der Waals surface area contributed by atoms with E-state index in [1.54, 1.807) is 0 Å². The summed E-state index contributed by atoms with van der Waals surface area (Å²) in [5.41, 5.74) is 0. The van der Waals surface area contributed by atoms with Crippen molar-refractivity contribution in [2.24, 2.45) is 0 Å². The molecule has 9 heteroatoms. The predicted molar refractivity (Wildman–Crippen MR) is 66.2 cm³/mol. The van der Waals surface area contributed by atoms with Gasteiger partial charge < -0.3 is 9.80 Å². The van der Waals surface area contributed by atoms with Gasteiger partial charge in [-0.3, -0.25) is 0 Å². The van der Waals surface area contributed by atoms with Crippen LogP contribution in [0.25, 0.3) is 0 Å². The highest BCUT2D eigenvalue weighted by atomic mass is 19.4. The molecule has 2 fully saturated rings.